The molecule has 2 aromatic rings. The quantitative estimate of drug-likeness (QED) is 0.757. The summed E-state index contributed by atoms with van der Waals surface area (Å²) in [5.74, 6) is 0.175. The molecule has 3 heterocycles. The molecule has 1 fully saturated rings. The van der Waals surface area contributed by atoms with Crippen LogP contribution in [0.4, 0.5) is 0 Å². The molecule has 0 aliphatic carbocycles. The number of carbonyl (C=O) groups is 1. The largest absolute Gasteiger partial charge is 0.344 e. The lowest BCUT2D eigenvalue weighted by Crippen LogP contribution is -2.16. The highest BCUT2D eigenvalue weighted by molar-refractivity contribution is 7.91. The maximum atomic E-state index is 12.5. The Balaban J connectivity index is 1.86. The Morgan fingerprint density at radius 1 is 1.46 bits per heavy atom. The van der Waals surface area contributed by atoms with Gasteiger partial charge in [0.15, 0.2) is 15.6 Å². The minimum Gasteiger partial charge on any atom is -0.344 e. The van der Waals surface area contributed by atoms with Crippen LogP contribution in [0.25, 0.3) is 0 Å². The average Bonchev–Trinajstić information content (AvgIpc) is 3.17. The Hall–Kier alpha value is -2.47. The van der Waals surface area contributed by atoms with Gasteiger partial charge in [0, 0.05) is 23.0 Å². The van der Waals surface area contributed by atoms with Crippen molar-refractivity contribution in [2.24, 2.45) is 0 Å². The maximum absolute atomic E-state index is 12.5. The zero-order chi connectivity index (χ0) is 17.5. The van der Waals surface area contributed by atoms with Crippen LogP contribution >= 0.6 is 0 Å². The molecular weight excluding hydrogens is 330 g/mol. The summed E-state index contributed by atoms with van der Waals surface area (Å²) in [7, 11) is -3.00. The minimum absolute atomic E-state index is 0.0120. The van der Waals surface area contributed by atoms with E-state index in [9.17, 15) is 13.2 Å². The van der Waals surface area contributed by atoms with Crippen molar-refractivity contribution < 1.29 is 13.2 Å². The zero-order valence-electron chi connectivity index (χ0n) is 13.4. The van der Waals surface area contributed by atoms with E-state index in [1.165, 1.54) is 11.0 Å². The standard InChI is InChI=1S/C15H17N5O3S/c1-10-5-13(14(21)7-19-9-17-15(6-16)18-19)11(2)20(10)12-3-4-24(22,23)8-12/h5,9,12H,3-4,7-8H2,1-2H3. The predicted molar refractivity (Wildman–Crippen MR) is 85.3 cm³/mol. The first-order valence-electron chi connectivity index (χ1n) is 7.52. The number of hydrogen-bond acceptors (Lipinski definition) is 6. The second kappa shape index (κ2) is 5.87. The molecular formula is C15H17N5O3S. The molecule has 1 aliphatic heterocycles. The van der Waals surface area contributed by atoms with Gasteiger partial charge in [0.05, 0.1) is 11.5 Å². The van der Waals surface area contributed by atoms with Crippen LogP contribution in [0, 0.1) is 25.2 Å². The van der Waals surface area contributed by atoms with E-state index in [0.717, 1.165) is 11.4 Å². The molecule has 0 spiro atoms. The van der Waals surface area contributed by atoms with Crippen LogP contribution in [-0.4, -0.2) is 45.0 Å². The van der Waals surface area contributed by atoms with Crippen LogP contribution in [-0.2, 0) is 16.4 Å². The molecule has 0 bridgehead atoms. The van der Waals surface area contributed by atoms with Gasteiger partial charge in [0.2, 0.25) is 0 Å². The fourth-order valence-electron chi connectivity index (χ4n) is 3.25. The fourth-order valence-corrected chi connectivity index (χ4v) is 4.95. The molecule has 126 valence electrons. The number of nitriles is 1. The van der Waals surface area contributed by atoms with E-state index in [-0.39, 0.29) is 35.7 Å². The van der Waals surface area contributed by atoms with Crippen molar-refractivity contribution in [3.63, 3.8) is 0 Å². The third-order valence-corrected chi connectivity index (χ3v) is 6.05. The molecule has 1 aliphatic rings. The summed E-state index contributed by atoms with van der Waals surface area (Å²) in [5, 5.41) is 12.6. The van der Waals surface area contributed by atoms with Gasteiger partial charge in [-0.1, -0.05) is 0 Å². The molecule has 0 saturated carbocycles. The molecule has 0 aromatic carbocycles. The number of carbonyl (C=O) groups excluding carboxylic acids is 1. The van der Waals surface area contributed by atoms with Gasteiger partial charge in [-0.2, -0.15) is 5.26 Å². The van der Waals surface area contributed by atoms with Crippen molar-refractivity contribution in [2.45, 2.75) is 32.9 Å². The highest BCUT2D eigenvalue weighted by Gasteiger charge is 2.31. The highest BCUT2D eigenvalue weighted by Crippen LogP contribution is 2.29. The predicted octanol–water partition coefficient (Wildman–Crippen LogP) is 0.811. The van der Waals surface area contributed by atoms with Crippen molar-refractivity contribution in [2.75, 3.05) is 11.5 Å². The number of aryl methyl sites for hydroxylation is 1. The zero-order valence-corrected chi connectivity index (χ0v) is 14.2. The van der Waals surface area contributed by atoms with Crippen molar-refractivity contribution in [3.8, 4) is 6.07 Å². The molecule has 2 aromatic heterocycles. The Kier molecular flexibility index (Phi) is 4.01. The topological polar surface area (TPSA) is 111 Å². The normalized spacial score (nSPS) is 19.3. The van der Waals surface area contributed by atoms with Crippen molar-refractivity contribution >= 4 is 15.6 Å². The summed E-state index contributed by atoms with van der Waals surface area (Å²) >= 11 is 0. The molecule has 1 unspecified atom stereocenters. The van der Waals surface area contributed by atoms with E-state index in [0.29, 0.717) is 12.0 Å². The molecule has 24 heavy (non-hydrogen) atoms. The Bertz CT molecular complexity index is 948. The number of nitrogens with zero attached hydrogens (tertiary/aromatic N) is 5. The second-order valence-electron chi connectivity index (χ2n) is 6.01. The lowest BCUT2D eigenvalue weighted by molar-refractivity contribution is 0.0966. The number of Topliss-reactive ketones (excluding diaryl/α,β-unsaturated/α-hetero) is 1. The highest BCUT2D eigenvalue weighted by atomic mass is 32.2. The van der Waals surface area contributed by atoms with Crippen LogP contribution in [0.3, 0.4) is 0 Å². The first-order valence-corrected chi connectivity index (χ1v) is 9.34. The molecule has 0 radical (unpaired) electrons. The lowest BCUT2D eigenvalue weighted by atomic mass is 10.1. The minimum atomic E-state index is -3.00. The maximum Gasteiger partial charge on any atom is 0.252 e. The van der Waals surface area contributed by atoms with Gasteiger partial charge in [0.1, 0.15) is 18.9 Å². The van der Waals surface area contributed by atoms with Gasteiger partial charge in [-0.05, 0) is 26.3 Å². The summed E-state index contributed by atoms with van der Waals surface area (Å²) < 4.78 is 26.7. The second-order valence-corrected chi connectivity index (χ2v) is 8.24. The number of sulfone groups is 1. The number of aromatic nitrogens is 4. The Morgan fingerprint density at radius 2 is 2.21 bits per heavy atom. The molecule has 8 nitrogen and oxygen atoms in total. The number of hydrogen-bond donors (Lipinski definition) is 0. The van der Waals surface area contributed by atoms with E-state index in [1.807, 2.05) is 24.5 Å². The summed E-state index contributed by atoms with van der Waals surface area (Å²) in [5.41, 5.74) is 2.18. The lowest BCUT2D eigenvalue weighted by Gasteiger charge is -2.16. The van der Waals surface area contributed by atoms with E-state index in [4.69, 9.17) is 5.26 Å². The van der Waals surface area contributed by atoms with Crippen molar-refractivity contribution in [3.05, 3.63) is 35.2 Å². The molecule has 3 rings (SSSR count). The average molecular weight is 347 g/mol. The third kappa shape index (κ3) is 2.97. The summed E-state index contributed by atoms with van der Waals surface area (Å²) in [4.78, 5) is 16.3. The Morgan fingerprint density at radius 3 is 2.79 bits per heavy atom. The van der Waals surface area contributed by atoms with E-state index >= 15 is 0 Å². The van der Waals surface area contributed by atoms with Crippen LogP contribution in [0.2, 0.25) is 0 Å². The summed E-state index contributed by atoms with van der Waals surface area (Å²) in [6, 6.07) is 3.48. The number of ketones is 1. The number of rotatable bonds is 4. The van der Waals surface area contributed by atoms with E-state index < -0.39 is 9.84 Å². The first-order chi connectivity index (χ1) is 11.3. The fraction of sp³-hybridized carbons (Fsp3) is 0.467. The van der Waals surface area contributed by atoms with Crippen LogP contribution in [0.5, 0.6) is 0 Å². The van der Waals surface area contributed by atoms with Gasteiger partial charge in [0.25, 0.3) is 5.82 Å². The van der Waals surface area contributed by atoms with Gasteiger partial charge in [-0.25, -0.2) is 18.1 Å². The van der Waals surface area contributed by atoms with E-state index in [1.54, 1.807) is 6.07 Å². The van der Waals surface area contributed by atoms with Crippen LogP contribution < -0.4 is 0 Å². The molecule has 0 amide bonds. The van der Waals surface area contributed by atoms with E-state index in [2.05, 4.69) is 10.1 Å². The van der Waals surface area contributed by atoms with Crippen LogP contribution in [0.1, 0.15) is 40.0 Å². The summed E-state index contributed by atoms with van der Waals surface area (Å²) in [6.45, 7) is 3.69. The molecule has 1 atom stereocenters. The van der Waals surface area contributed by atoms with Crippen molar-refractivity contribution in [1.29, 1.82) is 5.26 Å². The molecule has 0 N–H and O–H groups in total. The third-order valence-electron chi connectivity index (χ3n) is 4.30. The van der Waals surface area contributed by atoms with Gasteiger partial charge in [-0.15, -0.1) is 5.10 Å². The Labute approximate surface area is 139 Å². The molecule has 1 saturated heterocycles. The first kappa shape index (κ1) is 16.4. The van der Waals surface area contributed by atoms with Crippen LogP contribution in [0.15, 0.2) is 12.4 Å². The van der Waals surface area contributed by atoms with Gasteiger partial charge >= 0.3 is 0 Å². The smallest absolute Gasteiger partial charge is 0.252 e. The SMILES string of the molecule is Cc1cc(C(=O)Cn2cnc(C#N)n2)c(C)n1C1CCS(=O)(=O)C1. The summed E-state index contributed by atoms with van der Waals surface area (Å²) in [6.07, 6.45) is 1.92. The van der Waals surface area contributed by atoms with Gasteiger partial charge in [-0.3, -0.25) is 4.79 Å². The van der Waals surface area contributed by atoms with Crippen molar-refractivity contribution in [1.82, 2.24) is 19.3 Å². The van der Waals surface area contributed by atoms with Gasteiger partial charge < -0.3 is 4.57 Å². The monoisotopic (exact) mass is 347 g/mol. The molecule has 9 heteroatoms.